The lowest BCUT2D eigenvalue weighted by Crippen LogP contribution is -2.04. The molecule has 1 aromatic carbocycles. The topological polar surface area (TPSA) is 90.2 Å². The largest absolute Gasteiger partial charge is 0.438 e. The minimum atomic E-state index is -0.435. The Morgan fingerprint density at radius 3 is 2.71 bits per heavy atom. The molecule has 1 heterocycles. The van der Waals surface area contributed by atoms with E-state index in [1.165, 1.54) is 18.5 Å². The van der Waals surface area contributed by atoms with E-state index >= 15 is 0 Å². The number of rotatable bonds is 5. The summed E-state index contributed by atoms with van der Waals surface area (Å²) in [6.07, 6.45) is 1.42. The second-order valence-corrected chi connectivity index (χ2v) is 4.49. The zero-order chi connectivity index (χ0) is 15.4. The van der Waals surface area contributed by atoms with Crippen molar-refractivity contribution in [3.63, 3.8) is 0 Å². The molecule has 0 atom stereocenters. The summed E-state index contributed by atoms with van der Waals surface area (Å²) in [5, 5.41) is 13.8. The lowest BCUT2D eigenvalue weighted by atomic mass is 10.2. The van der Waals surface area contributed by atoms with Crippen LogP contribution in [-0.4, -0.2) is 21.4 Å². The highest BCUT2D eigenvalue weighted by Crippen LogP contribution is 2.30. The van der Waals surface area contributed by atoms with Crippen molar-refractivity contribution in [1.29, 1.82) is 0 Å². The van der Waals surface area contributed by atoms with Crippen LogP contribution in [0.2, 0.25) is 0 Å². The average molecular weight is 288 g/mol. The zero-order valence-electron chi connectivity index (χ0n) is 12.1. The van der Waals surface area contributed by atoms with E-state index < -0.39 is 4.92 Å². The SMILES string of the molecule is CCNc1ncnc(Oc2ccc([N+](=O)[O-])cc2C)c1C. The van der Waals surface area contributed by atoms with Gasteiger partial charge >= 0.3 is 0 Å². The third-order valence-corrected chi connectivity index (χ3v) is 2.96. The molecule has 7 nitrogen and oxygen atoms in total. The van der Waals surface area contributed by atoms with Gasteiger partial charge in [-0.25, -0.2) is 9.97 Å². The second-order valence-electron chi connectivity index (χ2n) is 4.49. The third-order valence-electron chi connectivity index (χ3n) is 2.96. The molecule has 0 aliphatic rings. The van der Waals surface area contributed by atoms with Crippen LogP contribution in [0.25, 0.3) is 0 Å². The summed E-state index contributed by atoms with van der Waals surface area (Å²) in [7, 11) is 0. The van der Waals surface area contributed by atoms with E-state index in [1.807, 2.05) is 13.8 Å². The number of hydrogen-bond acceptors (Lipinski definition) is 6. The molecule has 0 saturated carbocycles. The van der Waals surface area contributed by atoms with Gasteiger partial charge < -0.3 is 10.1 Å². The molecule has 0 fully saturated rings. The van der Waals surface area contributed by atoms with Crippen LogP contribution in [0.1, 0.15) is 18.1 Å². The van der Waals surface area contributed by atoms with Crippen LogP contribution < -0.4 is 10.1 Å². The Kier molecular flexibility index (Phi) is 4.32. The third kappa shape index (κ3) is 3.25. The lowest BCUT2D eigenvalue weighted by Gasteiger charge is -2.12. The van der Waals surface area contributed by atoms with Crippen molar-refractivity contribution in [3.8, 4) is 11.6 Å². The Balaban J connectivity index is 2.30. The number of aromatic nitrogens is 2. The van der Waals surface area contributed by atoms with Gasteiger partial charge in [0.25, 0.3) is 5.69 Å². The van der Waals surface area contributed by atoms with Crippen LogP contribution in [-0.2, 0) is 0 Å². The van der Waals surface area contributed by atoms with E-state index in [9.17, 15) is 10.1 Å². The van der Waals surface area contributed by atoms with Crippen molar-refractivity contribution in [3.05, 3.63) is 45.8 Å². The van der Waals surface area contributed by atoms with Gasteiger partial charge in [-0.1, -0.05) is 0 Å². The van der Waals surface area contributed by atoms with Gasteiger partial charge in [-0.3, -0.25) is 10.1 Å². The number of nitrogens with zero attached hydrogens (tertiary/aromatic N) is 3. The van der Waals surface area contributed by atoms with E-state index in [-0.39, 0.29) is 5.69 Å². The van der Waals surface area contributed by atoms with Gasteiger partial charge in [-0.15, -0.1) is 0 Å². The summed E-state index contributed by atoms with van der Waals surface area (Å²) >= 11 is 0. The normalized spacial score (nSPS) is 10.2. The van der Waals surface area contributed by atoms with Gasteiger partial charge in [-0.2, -0.15) is 0 Å². The summed E-state index contributed by atoms with van der Waals surface area (Å²) in [4.78, 5) is 18.5. The van der Waals surface area contributed by atoms with Gasteiger partial charge in [0.2, 0.25) is 5.88 Å². The van der Waals surface area contributed by atoms with Crippen molar-refractivity contribution in [2.75, 3.05) is 11.9 Å². The Labute approximate surface area is 122 Å². The van der Waals surface area contributed by atoms with Gasteiger partial charge in [0.05, 0.1) is 10.5 Å². The lowest BCUT2D eigenvalue weighted by molar-refractivity contribution is -0.384. The molecule has 0 bridgehead atoms. The smallest absolute Gasteiger partial charge is 0.269 e. The number of anilines is 1. The first-order chi connectivity index (χ1) is 10.0. The number of nitro benzene ring substituents is 1. The van der Waals surface area contributed by atoms with Crippen LogP contribution in [0.15, 0.2) is 24.5 Å². The fourth-order valence-electron chi connectivity index (χ4n) is 1.85. The van der Waals surface area contributed by atoms with E-state index in [0.717, 1.165) is 12.1 Å². The first kappa shape index (κ1) is 14.7. The molecule has 21 heavy (non-hydrogen) atoms. The van der Waals surface area contributed by atoms with Crippen LogP contribution in [0, 0.1) is 24.0 Å². The summed E-state index contributed by atoms with van der Waals surface area (Å²) in [5.74, 6) is 1.67. The minimum absolute atomic E-state index is 0.0348. The Morgan fingerprint density at radius 2 is 2.10 bits per heavy atom. The van der Waals surface area contributed by atoms with Gasteiger partial charge in [0.1, 0.15) is 17.9 Å². The Morgan fingerprint density at radius 1 is 1.33 bits per heavy atom. The van der Waals surface area contributed by atoms with Gasteiger partial charge in [0, 0.05) is 18.7 Å². The first-order valence-electron chi connectivity index (χ1n) is 6.51. The van der Waals surface area contributed by atoms with Crippen molar-refractivity contribution in [2.24, 2.45) is 0 Å². The van der Waals surface area contributed by atoms with Crippen molar-refractivity contribution >= 4 is 11.5 Å². The molecule has 0 radical (unpaired) electrons. The molecule has 0 aliphatic heterocycles. The zero-order valence-corrected chi connectivity index (χ0v) is 12.1. The molecule has 7 heteroatoms. The fourth-order valence-corrected chi connectivity index (χ4v) is 1.85. The summed E-state index contributed by atoms with van der Waals surface area (Å²) < 4.78 is 5.75. The average Bonchev–Trinajstić information content (AvgIpc) is 2.45. The predicted octanol–water partition coefficient (Wildman–Crippen LogP) is 3.23. The number of nitro groups is 1. The van der Waals surface area contributed by atoms with Gasteiger partial charge in [0.15, 0.2) is 0 Å². The molecule has 0 aliphatic carbocycles. The number of benzene rings is 1. The number of hydrogen-bond donors (Lipinski definition) is 1. The second kappa shape index (κ2) is 6.17. The summed E-state index contributed by atoms with van der Waals surface area (Å²) in [6, 6.07) is 4.45. The minimum Gasteiger partial charge on any atom is -0.438 e. The van der Waals surface area contributed by atoms with Crippen molar-refractivity contribution < 1.29 is 9.66 Å². The molecule has 1 N–H and O–H groups in total. The predicted molar refractivity (Wildman–Crippen MR) is 78.8 cm³/mol. The Hall–Kier alpha value is -2.70. The maximum Gasteiger partial charge on any atom is 0.269 e. The van der Waals surface area contributed by atoms with Crippen LogP contribution >= 0.6 is 0 Å². The highest BCUT2D eigenvalue weighted by Gasteiger charge is 2.12. The fraction of sp³-hybridized carbons (Fsp3) is 0.286. The van der Waals surface area contributed by atoms with Crippen LogP contribution in [0.4, 0.5) is 11.5 Å². The first-order valence-corrected chi connectivity index (χ1v) is 6.51. The monoisotopic (exact) mass is 288 g/mol. The van der Waals surface area contributed by atoms with Crippen molar-refractivity contribution in [1.82, 2.24) is 9.97 Å². The number of ether oxygens (including phenoxy) is 1. The molecular formula is C14H16N4O3. The maximum absolute atomic E-state index is 10.7. The molecule has 0 amide bonds. The van der Waals surface area contributed by atoms with E-state index in [2.05, 4.69) is 15.3 Å². The van der Waals surface area contributed by atoms with E-state index in [1.54, 1.807) is 13.0 Å². The molecule has 0 spiro atoms. The summed E-state index contributed by atoms with van der Waals surface area (Å²) in [5.41, 5.74) is 1.50. The van der Waals surface area contributed by atoms with Crippen LogP contribution in [0.3, 0.4) is 0 Å². The van der Waals surface area contributed by atoms with Crippen molar-refractivity contribution in [2.45, 2.75) is 20.8 Å². The molecule has 2 aromatic rings. The summed E-state index contributed by atoms with van der Waals surface area (Å²) in [6.45, 7) is 6.33. The molecule has 0 unspecified atom stereocenters. The number of aryl methyl sites for hydroxylation is 1. The van der Waals surface area contributed by atoms with Crippen LogP contribution in [0.5, 0.6) is 11.6 Å². The highest BCUT2D eigenvalue weighted by atomic mass is 16.6. The molecular weight excluding hydrogens is 272 g/mol. The molecule has 110 valence electrons. The molecule has 2 rings (SSSR count). The molecule has 0 saturated heterocycles. The Bertz CT molecular complexity index is 673. The standard InChI is InChI=1S/C14H16N4O3/c1-4-15-13-10(3)14(17-8-16-13)21-12-6-5-11(18(19)20)7-9(12)2/h5-8H,4H2,1-3H3,(H,15,16,17). The van der Waals surface area contributed by atoms with Gasteiger partial charge in [-0.05, 0) is 32.4 Å². The maximum atomic E-state index is 10.7. The molecule has 1 aromatic heterocycles. The number of nitrogens with one attached hydrogen (secondary N) is 1. The number of non-ortho nitro benzene ring substituents is 1. The van der Waals surface area contributed by atoms with E-state index in [4.69, 9.17) is 4.74 Å². The highest BCUT2D eigenvalue weighted by molar-refractivity contribution is 5.50. The van der Waals surface area contributed by atoms with E-state index in [0.29, 0.717) is 23.0 Å². The quantitative estimate of drug-likeness (QED) is 0.671.